The summed E-state index contributed by atoms with van der Waals surface area (Å²) in [4.78, 5) is 12.4. The number of benzene rings is 3. The predicted molar refractivity (Wildman–Crippen MR) is 113 cm³/mol. The third-order valence-electron chi connectivity index (χ3n) is 3.96. The number of anilines is 1. The molecular weight excluding hydrogens is 466 g/mol. The smallest absolute Gasteiger partial charge is 0.343 e. The van der Waals surface area contributed by atoms with E-state index in [4.69, 9.17) is 16.3 Å². The number of para-hydroxylation sites is 1. The van der Waals surface area contributed by atoms with Gasteiger partial charge in [0.25, 0.3) is 10.0 Å². The van der Waals surface area contributed by atoms with Gasteiger partial charge in [-0.25, -0.2) is 13.2 Å². The topological polar surface area (TPSA) is 63.7 Å². The first kappa shape index (κ1) is 20.4. The molecule has 0 fully saturated rings. The highest BCUT2D eigenvalue weighted by Crippen LogP contribution is 2.28. The Morgan fingerprint density at radius 3 is 2.25 bits per heavy atom. The summed E-state index contributed by atoms with van der Waals surface area (Å²) in [6, 6.07) is 19.1. The summed E-state index contributed by atoms with van der Waals surface area (Å²) in [5, 5.41) is 0.284. The maximum atomic E-state index is 12.8. The quantitative estimate of drug-likeness (QED) is 0.374. The lowest BCUT2D eigenvalue weighted by Crippen LogP contribution is -2.26. The number of nitrogens with zero attached hydrogens (tertiary/aromatic N) is 1. The zero-order valence-electron chi connectivity index (χ0n) is 14.7. The Labute approximate surface area is 176 Å². The van der Waals surface area contributed by atoms with Crippen LogP contribution in [0.25, 0.3) is 0 Å². The Kier molecular flexibility index (Phi) is 6.07. The average Bonchev–Trinajstić information content (AvgIpc) is 2.70. The first-order valence-electron chi connectivity index (χ1n) is 8.10. The van der Waals surface area contributed by atoms with E-state index >= 15 is 0 Å². The Hall–Kier alpha value is -2.35. The van der Waals surface area contributed by atoms with Gasteiger partial charge in [0.2, 0.25) is 0 Å². The van der Waals surface area contributed by atoms with Gasteiger partial charge in [-0.2, -0.15) is 0 Å². The van der Waals surface area contributed by atoms with Crippen molar-refractivity contribution in [2.45, 2.75) is 4.90 Å². The van der Waals surface area contributed by atoms with Gasteiger partial charge in [0, 0.05) is 11.5 Å². The SMILES string of the molecule is CN(c1ccccc1)S(=O)(=O)c1ccc(C(=O)Oc2ccc(Br)cc2Cl)cc1. The third kappa shape index (κ3) is 4.38. The maximum Gasteiger partial charge on any atom is 0.343 e. The van der Waals surface area contributed by atoms with Gasteiger partial charge < -0.3 is 4.74 Å². The van der Waals surface area contributed by atoms with Gasteiger partial charge >= 0.3 is 5.97 Å². The van der Waals surface area contributed by atoms with E-state index in [9.17, 15) is 13.2 Å². The molecule has 3 aromatic rings. The van der Waals surface area contributed by atoms with E-state index in [0.29, 0.717) is 5.69 Å². The Bertz CT molecular complexity index is 1100. The van der Waals surface area contributed by atoms with Gasteiger partial charge in [0.05, 0.1) is 21.2 Å². The normalized spacial score (nSPS) is 11.1. The summed E-state index contributed by atoms with van der Waals surface area (Å²) >= 11 is 9.32. The highest BCUT2D eigenvalue weighted by atomic mass is 79.9. The fraction of sp³-hybridized carbons (Fsp3) is 0.0500. The van der Waals surface area contributed by atoms with Crippen molar-refractivity contribution < 1.29 is 17.9 Å². The van der Waals surface area contributed by atoms with Crippen LogP contribution in [0.15, 0.2) is 82.2 Å². The molecule has 0 saturated carbocycles. The van der Waals surface area contributed by atoms with Gasteiger partial charge in [-0.05, 0) is 54.6 Å². The van der Waals surface area contributed by atoms with Crippen LogP contribution >= 0.6 is 27.5 Å². The van der Waals surface area contributed by atoms with Gasteiger partial charge in [0.15, 0.2) is 0 Å². The van der Waals surface area contributed by atoms with Crippen molar-refractivity contribution in [2.75, 3.05) is 11.4 Å². The van der Waals surface area contributed by atoms with Crippen LogP contribution in [0.5, 0.6) is 5.75 Å². The van der Waals surface area contributed by atoms with Crippen LogP contribution in [0, 0.1) is 0 Å². The second kappa shape index (κ2) is 8.34. The molecule has 0 aliphatic heterocycles. The van der Waals surface area contributed by atoms with E-state index in [1.165, 1.54) is 35.6 Å². The highest BCUT2D eigenvalue weighted by Gasteiger charge is 2.22. The van der Waals surface area contributed by atoms with Gasteiger partial charge in [-0.1, -0.05) is 45.7 Å². The molecule has 3 rings (SSSR count). The molecule has 0 aliphatic rings. The molecule has 3 aromatic carbocycles. The van der Waals surface area contributed by atoms with Crippen LogP contribution in [0.1, 0.15) is 10.4 Å². The van der Waals surface area contributed by atoms with Crippen LogP contribution in [0.4, 0.5) is 5.69 Å². The number of carbonyl (C=O) groups excluding carboxylic acids is 1. The Balaban J connectivity index is 1.80. The summed E-state index contributed by atoms with van der Waals surface area (Å²) in [5.41, 5.74) is 0.746. The molecule has 8 heteroatoms. The number of ether oxygens (including phenoxy) is 1. The molecule has 144 valence electrons. The monoisotopic (exact) mass is 479 g/mol. The van der Waals surface area contributed by atoms with Gasteiger partial charge in [0.1, 0.15) is 5.75 Å². The molecule has 0 amide bonds. The number of hydrogen-bond acceptors (Lipinski definition) is 4. The maximum absolute atomic E-state index is 12.8. The van der Waals surface area contributed by atoms with Gasteiger partial charge in [-0.15, -0.1) is 0 Å². The molecule has 0 saturated heterocycles. The number of hydrogen-bond donors (Lipinski definition) is 0. The largest absolute Gasteiger partial charge is 0.421 e. The van der Waals surface area contributed by atoms with Crippen LogP contribution < -0.4 is 9.04 Å². The van der Waals surface area contributed by atoms with Crippen LogP contribution in [-0.4, -0.2) is 21.4 Å². The molecule has 0 aliphatic carbocycles. The second-order valence-electron chi connectivity index (χ2n) is 5.80. The molecule has 0 spiro atoms. The molecule has 0 atom stereocenters. The second-order valence-corrected chi connectivity index (χ2v) is 9.09. The van der Waals surface area contributed by atoms with Crippen LogP contribution in [-0.2, 0) is 10.0 Å². The number of rotatable bonds is 5. The number of sulfonamides is 1. The van der Waals surface area contributed by atoms with Crippen molar-refractivity contribution in [3.8, 4) is 5.75 Å². The minimum Gasteiger partial charge on any atom is -0.421 e. The van der Waals surface area contributed by atoms with Crippen molar-refractivity contribution in [1.29, 1.82) is 0 Å². The summed E-state index contributed by atoms with van der Waals surface area (Å²) in [5.74, 6) is -0.417. The molecule has 0 aromatic heterocycles. The standard InChI is InChI=1S/C20H15BrClNO4S/c1-23(16-5-3-2-4-6-16)28(25,26)17-10-7-14(8-11-17)20(24)27-19-12-9-15(21)13-18(19)22/h2-13H,1H3. The predicted octanol–water partition coefficient (Wildman–Crippen LogP) is 5.15. The van der Waals surface area contributed by atoms with Crippen molar-refractivity contribution in [3.63, 3.8) is 0 Å². The van der Waals surface area contributed by atoms with E-state index < -0.39 is 16.0 Å². The first-order chi connectivity index (χ1) is 13.3. The van der Waals surface area contributed by atoms with Crippen molar-refractivity contribution in [2.24, 2.45) is 0 Å². The van der Waals surface area contributed by atoms with Crippen molar-refractivity contribution >= 4 is 49.2 Å². The number of esters is 1. The summed E-state index contributed by atoms with van der Waals surface area (Å²) < 4.78 is 32.8. The van der Waals surface area contributed by atoms with Crippen LogP contribution in [0.2, 0.25) is 5.02 Å². The van der Waals surface area contributed by atoms with Crippen LogP contribution in [0.3, 0.4) is 0 Å². The molecule has 0 N–H and O–H groups in total. The summed E-state index contributed by atoms with van der Waals surface area (Å²) in [7, 11) is -2.28. The zero-order chi connectivity index (χ0) is 20.3. The summed E-state index contributed by atoms with van der Waals surface area (Å²) in [6.07, 6.45) is 0. The minimum atomic E-state index is -3.75. The van der Waals surface area contributed by atoms with E-state index in [0.717, 1.165) is 4.47 Å². The Morgan fingerprint density at radius 1 is 1.00 bits per heavy atom. The van der Waals surface area contributed by atoms with Crippen molar-refractivity contribution in [3.05, 3.63) is 87.9 Å². The summed E-state index contributed by atoms with van der Waals surface area (Å²) in [6.45, 7) is 0. The lowest BCUT2D eigenvalue weighted by molar-refractivity contribution is 0.0734. The third-order valence-corrected chi connectivity index (χ3v) is 6.55. The average molecular weight is 481 g/mol. The fourth-order valence-electron chi connectivity index (χ4n) is 2.41. The molecular formula is C20H15BrClNO4S. The molecule has 0 heterocycles. The zero-order valence-corrected chi connectivity index (χ0v) is 17.8. The molecule has 0 bridgehead atoms. The first-order valence-corrected chi connectivity index (χ1v) is 10.7. The number of carbonyl (C=O) groups is 1. The van der Waals surface area contributed by atoms with Gasteiger partial charge in [-0.3, -0.25) is 4.31 Å². The minimum absolute atomic E-state index is 0.0667. The van der Waals surface area contributed by atoms with E-state index in [1.54, 1.807) is 42.5 Å². The van der Waals surface area contributed by atoms with E-state index in [-0.39, 0.29) is 21.2 Å². The number of halogens is 2. The Morgan fingerprint density at radius 2 is 1.64 bits per heavy atom. The molecule has 5 nitrogen and oxygen atoms in total. The highest BCUT2D eigenvalue weighted by molar-refractivity contribution is 9.10. The van der Waals surface area contributed by atoms with Crippen molar-refractivity contribution in [1.82, 2.24) is 0 Å². The molecule has 0 radical (unpaired) electrons. The lowest BCUT2D eigenvalue weighted by atomic mass is 10.2. The molecule has 0 unspecified atom stereocenters. The molecule has 28 heavy (non-hydrogen) atoms. The van der Waals surface area contributed by atoms with E-state index in [1.807, 2.05) is 6.07 Å². The lowest BCUT2D eigenvalue weighted by Gasteiger charge is -2.19. The van der Waals surface area contributed by atoms with E-state index in [2.05, 4.69) is 15.9 Å². The fourth-order valence-corrected chi connectivity index (χ4v) is 4.32.